The number of hydrogen-bond acceptors (Lipinski definition) is 22. The molecule has 0 saturated heterocycles. The van der Waals surface area contributed by atoms with E-state index in [1.165, 1.54) is 39.4 Å². The number of oxazole rings is 1. The monoisotopic (exact) mass is 1300 g/mol. The van der Waals surface area contributed by atoms with Gasteiger partial charge in [-0.2, -0.15) is 20.4 Å². The summed E-state index contributed by atoms with van der Waals surface area (Å²) in [6.07, 6.45) is 24.5. The lowest BCUT2D eigenvalue weighted by Gasteiger charge is -2.30. The molecule has 0 aromatic carbocycles. The van der Waals surface area contributed by atoms with Crippen molar-refractivity contribution < 1.29 is 60.5 Å². The third-order valence-corrected chi connectivity index (χ3v) is 17.2. The molecule has 2 aliphatic rings. The minimum atomic E-state index is -4.78. The molecule has 29 nitrogen and oxygen atoms in total. The second-order valence-corrected chi connectivity index (χ2v) is 28.1. The fourth-order valence-corrected chi connectivity index (χ4v) is 13.3. The van der Waals surface area contributed by atoms with Gasteiger partial charge in [0.05, 0.1) is 64.8 Å². The molecule has 0 spiro atoms. The van der Waals surface area contributed by atoms with Gasteiger partial charge < -0.3 is 34.3 Å². The fourth-order valence-electron chi connectivity index (χ4n) is 10.1. The van der Waals surface area contributed by atoms with E-state index in [2.05, 4.69) is 50.7 Å². The average molecular weight is 1300 g/mol. The molecule has 1 atom stereocenters. The van der Waals surface area contributed by atoms with Gasteiger partial charge in [0.2, 0.25) is 5.89 Å². The van der Waals surface area contributed by atoms with Crippen LogP contribution in [0, 0.1) is 5.41 Å². The van der Waals surface area contributed by atoms with Crippen molar-refractivity contribution in [2.45, 2.75) is 176 Å². The van der Waals surface area contributed by atoms with E-state index in [-0.39, 0.29) is 48.3 Å². The molecular weight excluding hydrogens is 1220 g/mol. The molecule has 2 saturated carbocycles. The first-order chi connectivity index (χ1) is 42.6. The van der Waals surface area contributed by atoms with E-state index in [0.29, 0.717) is 63.8 Å². The second-order valence-electron chi connectivity index (χ2n) is 24.5. The molecule has 32 heteroatoms. The van der Waals surface area contributed by atoms with Crippen LogP contribution in [0.3, 0.4) is 0 Å². The van der Waals surface area contributed by atoms with Crippen molar-refractivity contribution in [1.29, 1.82) is 0 Å². The summed E-state index contributed by atoms with van der Waals surface area (Å²) in [5.74, 6) is 0.0354. The minimum Gasteiger partial charge on any atom is -0.444 e. The Hall–Kier alpha value is -7.08. The number of amides is 2. The standard InChI is InChI=1S/C31H43N8O7P.C27H35N8O6PS/c1-8-42-23-12-10-22(11-13-23)39-18-24(26(37-39)27-32-14-9-15-33-27)35-28(40)25-19-43-29(36-25)21-16-34-38(17-21)20-44-47(41,45-30(2,3)4)46-31(5,6)7;1-5-40-19-9-7-18(8-10-19)34-15-20(22(33-34)23-28-11-6-12-29-23)31-24(36)21-16-43-25(32-21)17-13-30-35(14-17)26(27(2,3)4)41-42(37,38)39/h9,14-19,22-23H,8,10-13,20H2,1-7H3,(H,35,40);6,11-16,18-19,26H,5,7-10H2,1-4H3,(H,31,36)(H2,37,38,39). The maximum absolute atomic E-state index is 13.4. The highest BCUT2D eigenvalue weighted by Gasteiger charge is 2.38. The number of carbonyl (C=O) groups excluding carboxylic acids is 2. The normalized spacial score (nSPS) is 18.0. The Kier molecular flexibility index (Phi) is 21.4. The lowest BCUT2D eigenvalue weighted by molar-refractivity contribution is -0.0101. The first kappa shape index (κ1) is 67.3. The number of hydrogen-bond donors (Lipinski definition) is 4. The van der Waals surface area contributed by atoms with E-state index >= 15 is 0 Å². The Balaban J connectivity index is 0.000000214. The van der Waals surface area contributed by atoms with E-state index in [1.54, 1.807) is 117 Å². The van der Waals surface area contributed by atoms with Crippen molar-refractivity contribution in [2.24, 2.45) is 5.41 Å². The topological polar surface area (TPSA) is 350 Å². The van der Waals surface area contributed by atoms with E-state index < -0.39 is 50.3 Å². The predicted octanol–water partition coefficient (Wildman–Crippen LogP) is 11.8. The van der Waals surface area contributed by atoms with Gasteiger partial charge in [0.1, 0.15) is 17.0 Å². The van der Waals surface area contributed by atoms with Gasteiger partial charge in [0.25, 0.3) is 11.8 Å². The first-order valence-electron chi connectivity index (χ1n) is 29.6. The Bertz CT molecular complexity index is 3730. The lowest BCUT2D eigenvalue weighted by atomic mass is 9.93. The summed E-state index contributed by atoms with van der Waals surface area (Å²) in [5, 5.41) is 26.0. The molecule has 484 valence electrons. The van der Waals surface area contributed by atoms with E-state index in [0.717, 1.165) is 51.4 Å². The highest BCUT2D eigenvalue weighted by molar-refractivity contribution is 7.48. The molecule has 8 aromatic rings. The number of carbonyl (C=O) groups is 2. The number of nitrogens with one attached hydrogen (secondary N) is 2. The molecule has 90 heavy (non-hydrogen) atoms. The van der Waals surface area contributed by atoms with Gasteiger partial charge in [0.15, 0.2) is 41.7 Å². The average Bonchev–Trinajstić information content (AvgIpc) is 1.72. The molecule has 10 rings (SSSR count). The molecule has 4 N–H and O–H groups in total. The maximum atomic E-state index is 13.4. The van der Waals surface area contributed by atoms with Gasteiger partial charge in [-0.05, 0) is 119 Å². The number of ether oxygens (including phenoxy) is 2. The van der Waals surface area contributed by atoms with Crippen molar-refractivity contribution in [3.63, 3.8) is 0 Å². The maximum Gasteiger partial charge on any atom is 0.477 e. The van der Waals surface area contributed by atoms with Crippen molar-refractivity contribution >= 4 is 50.2 Å². The Morgan fingerprint density at radius 1 is 0.678 bits per heavy atom. The van der Waals surface area contributed by atoms with Crippen LogP contribution in [0.15, 0.2) is 90.2 Å². The quantitative estimate of drug-likeness (QED) is 0.0458. The summed E-state index contributed by atoms with van der Waals surface area (Å²) >= 11 is 1.24. The molecule has 1 unspecified atom stereocenters. The van der Waals surface area contributed by atoms with Gasteiger partial charge in [0, 0.05) is 79.1 Å². The summed E-state index contributed by atoms with van der Waals surface area (Å²) < 4.78 is 70.6. The van der Waals surface area contributed by atoms with Gasteiger partial charge in [-0.3, -0.25) is 37.0 Å². The van der Waals surface area contributed by atoms with Crippen LogP contribution in [0.25, 0.3) is 45.1 Å². The van der Waals surface area contributed by atoms with Gasteiger partial charge in [-0.1, -0.05) is 20.8 Å². The Morgan fingerprint density at radius 2 is 1.18 bits per heavy atom. The molecule has 8 aromatic heterocycles. The number of rotatable bonds is 22. The number of aromatic nitrogens is 14. The van der Waals surface area contributed by atoms with Crippen molar-refractivity contribution in [1.82, 2.24) is 69.0 Å². The highest BCUT2D eigenvalue weighted by atomic mass is 32.1. The smallest absolute Gasteiger partial charge is 0.444 e. The predicted molar refractivity (Wildman–Crippen MR) is 331 cm³/mol. The van der Waals surface area contributed by atoms with Crippen LogP contribution in [-0.2, 0) is 43.4 Å². The largest absolute Gasteiger partial charge is 0.477 e. The number of phosphoric acid groups is 2. The summed E-state index contributed by atoms with van der Waals surface area (Å²) in [7, 11) is -8.72. The van der Waals surface area contributed by atoms with Gasteiger partial charge in [-0.15, -0.1) is 11.3 Å². The molecular formula is C58H78N16O13P2S. The highest BCUT2D eigenvalue weighted by Crippen LogP contribution is 2.56. The number of phosphoric ester groups is 2. The zero-order valence-electron chi connectivity index (χ0n) is 52.2. The van der Waals surface area contributed by atoms with Crippen LogP contribution < -0.4 is 10.6 Å². The van der Waals surface area contributed by atoms with Crippen molar-refractivity contribution in [3.8, 4) is 45.1 Å². The molecule has 0 aliphatic heterocycles. The molecule has 2 fully saturated rings. The molecule has 2 amide bonds. The number of nitrogens with zero attached hydrogens (tertiary/aromatic N) is 14. The van der Waals surface area contributed by atoms with Crippen LogP contribution in [0.4, 0.5) is 11.4 Å². The molecule has 0 bridgehead atoms. The second kappa shape index (κ2) is 28.6. The Labute approximate surface area is 524 Å². The fraction of sp³-hybridized carbons (Fsp3) is 0.517. The first-order valence-corrected chi connectivity index (χ1v) is 33.5. The van der Waals surface area contributed by atoms with Crippen LogP contribution in [0.1, 0.15) is 167 Å². The summed E-state index contributed by atoms with van der Waals surface area (Å²) in [4.78, 5) is 71.8. The summed E-state index contributed by atoms with van der Waals surface area (Å²) in [5.41, 5.74) is 0.929. The van der Waals surface area contributed by atoms with E-state index in [4.69, 9.17) is 42.2 Å². The SMILES string of the molecule is CCOC1CCC(n2cc(NC(=O)c3coc(-c4cnn(COP(=O)(OC(C)(C)C)OC(C)(C)C)c4)n3)c(-c3ncccn3)n2)CC1.CCOC1CCC(n2cc(NC(=O)c3csc(-c4cnn(C(OP(=O)(O)O)C(C)(C)C)c4)n3)c(-c3ncccn3)n2)CC1. The van der Waals surface area contributed by atoms with E-state index in [9.17, 15) is 28.5 Å². The molecule has 0 radical (unpaired) electrons. The number of anilines is 2. The van der Waals surface area contributed by atoms with Crippen LogP contribution >= 0.6 is 27.0 Å². The van der Waals surface area contributed by atoms with Crippen molar-refractivity contribution in [2.75, 3.05) is 23.8 Å². The van der Waals surface area contributed by atoms with Crippen LogP contribution in [0.5, 0.6) is 0 Å². The third-order valence-electron chi connectivity index (χ3n) is 13.9. The lowest BCUT2D eigenvalue weighted by Crippen LogP contribution is -2.26. The zero-order chi connectivity index (χ0) is 64.6. The van der Waals surface area contributed by atoms with Crippen molar-refractivity contribution in [3.05, 3.63) is 97.1 Å². The number of thiazole rings is 1. The molecule has 2 aliphatic carbocycles. The van der Waals surface area contributed by atoms with Crippen LogP contribution in [-0.4, -0.2) is 127 Å². The van der Waals surface area contributed by atoms with E-state index in [1.807, 2.05) is 35.6 Å². The Morgan fingerprint density at radius 3 is 1.66 bits per heavy atom. The zero-order valence-corrected chi connectivity index (χ0v) is 54.8. The van der Waals surface area contributed by atoms with Gasteiger partial charge in [-0.25, -0.2) is 48.4 Å². The molecule has 8 heterocycles. The minimum absolute atomic E-state index is 0.0514. The van der Waals surface area contributed by atoms with Crippen LogP contribution in [0.2, 0.25) is 0 Å². The summed E-state index contributed by atoms with van der Waals surface area (Å²) in [6.45, 7) is 21.1. The third kappa shape index (κ3) is 18.3. The summed E-state index contributed by atoms with van der Waals surface area (Å²) in [6, 6.07) is 3.76. The van der Waals surface area contributed by atoms with Gasteiger partial charge >= 0.3 is 15.6 Å².